The summed E-state index contributed by atoms with van der Waals surface area (Å²) >= 11 is -0.826. The molecule has 1 spiro atoms. The Labute approximate surface area is 145 Å². The van der Waals surface area contributed by atoms with Gasteiger partial charge in [-0.25, -0.2) is 0 Å². The van der Waals surface area contributed by atoms with Crippen LogP contribution in [0.5, 0.6) is 5.75 Å². The zero-order valence-electron chi connectivity index (χ0n) is 12.3. The van der Waals surface area contributed by atoms with Crippen LogP contribution in [-0.2, 0) is 20.8 Å². The number of aliphatic imine (C=N–C) groups is 1. The molecule has 1 unspecified atom stereocenters. The Kier molecular flexibility index (Phi) is 6.78. The van der Waals surface area contributed by atoms with E-state index in [0.717, 1.165) is 11.1 Å². The number of phenolic OH excluding ortho intramolecular Hbond substituents is 1. The Hall–Kier alpha value is 0.153. The summed E-state index contributed by atoms with van der Waals surface area (Å²) in [7, 11) is 9.87. The van der Waals surface area contributed by atoms with Gasteiger partial charge >= 0.3 is 37.9 Å². The molecule has 1 N–H and O–H groups in total. The third-order valence-corrected chi connectivity index (χ3v) is 4.66. The molecule has 0 amide bonds. The summed E-state index contributed by atoms with van der Waals surface area (Å²) in [4.78, 5) is 4.79. The molecule has 5 heteroatoms. The van der Waals surface area contributed by atoms with Gasteiger partial charge in [0, 0.05) is 11.8 Å². The van der Waals surface area contributed by atoms with Gasteiger partial charge in [0.25, 0.3) is 0 Å². The van der Waals surface area contributed by atoms with E-state index in [9.17, 15) is 5.11 Å². The number of rotatable bonds is 2. The van der Waals surface area contributed by atoms with Crippen molar-refractivity contribution < 1.29 is 26.0 Å². The number of benzene rings is 1. The summed E-state index contributed by atoms with van der Waals surface area (Å²) in [5, 5.41) is 9.98. The van der Waals surface area contributed by atoms with Crippen molar-refractivity contribution in [1.29, 1.82) is 0 Å². The first-order valence-electron chi connectivity index (χ1n) is 7.41. The molecule has 2 nitrogen and oxygen atoms in total. The summed E-state index contributed by atoms with van der Waals surface area (Å²) < 4.78 is 0. The van der Waals surface area contributed by atoms with E-state index in [1.54, 1.807) is 0 Å². The summed E-state index contributed by atoms with van der Waals surface area (Å²) in [6, 6.07) is 6.33. The van der Waals surface area contributed by atoms with Gasteiger partial charge < -0.3 is 5.11 Å². The molecule has 0 saturated heterocycles. The maximum atomic E-state index is 9.98. The molecule has 21 heavy (non-hydrogen) atoms. The zero-order valence-corrected chi connectivity index (χ0v) is 16.2. The molecule has 0 heterocycles. The molecular weight excluding hydrogens is 384 g/mol. The first kappa shape index (κ1) is 17.5. The number of aryl methyl sites for hydroxylation is 1. The summed E-state index contributed by atoms with van der Waals surface area (Å²) in [6.07, 6.45) is 9.87. The summed E-state index contributed by atoms with van der Waals surface area (Å²) in [6.45, 7) is 1.93. The predicted molar refractivity (Wildman–Crippen MR) is 86.1 cm³/mol. The van der Waals surface area contributed by atoms with Gasteiger partial charge in [0.15, 0.2) is 0 Å². The second-order valence-corrected chi connectivity index (χ2v) is 9.72. The van der Waals surface area contributed by atoms with E-state index in [0.29, 0.717) is 17.2 Å². The molecule has 2 aliphatic rings. The molecule has 3 rings (SSSR count). The fourth-order valence-electron chi connectivity index (χ4n) is 3.22. The Morgan fingerprint density at radius 3 is 2.67 bits per heavy atom. The van der Waals surface area contributed by atoms with Gasteiger partial charge in [-0.15, -0.1) is 0 Å². The van der Waals surface area contributed by atoms with Crippen molar-refractivity contribution in [1.82, 2.24) is 0 Å². The standard InChI is InChI=1S/C16H21NO.2ClH.Zr/c1-12-5-4-6-13(15(12)18)11-17-14-7-2-3-8-16(14)9-10-16;;;/h4-6,11,14,18H,2-3,7-10H2,1H3;2*1H;/q;;;+2/p-2. The molecule has 1 atom stereocenters. The number of aromatic hydroxyl groups is 1. The minimum atomic E-state index is -0.826. The predicted octanol–water partition coefficient (Wildman–Crippen LogP) is 5.22. The van der Waals surface area contributed by atoms with Gasteiger partial charge in [-0.1, -0.05) is 25.0 Å². The molecule has 114 valence electrons. The molecule has 2 saturated carbocycles. The maximum absolute atomic E-state index is 9.98. The van der Waals surface area contributed by atoms with Gasteiger partial charge in [0.05, 0.1) is 6.04 Å². The van der Waals surface area contributed by atoms with Crippen LogP contribution in [0.3, 0.4) is 0 Å². The molecule has 0 aromatic heterocycles. The zero-order chi connectivity index (χ0) is 15.3. The van der Waals surface area contributed by atoms with Crippen molar-refractivity contribution in [2.24, 2.45) is 10.4 Å². The van der Waals surface area contributed by atoms with E-state index < -0.39 is 20.8 Å². The van der Waals surface area contributed by atoms with E-state index in [4.69, 9.17) is 22.0 Å². The van der Waals surface area contributed by atoms with Crippen molar-refractivity contribution in [2.75, 3.05) is 0 Å². The van der Waals surface area contributed by atoms with Crippen LogP contribution in [0.1, 0.15) is 49.7 Å². The van der Waals surface area contributed by atoms with Crippen LogP contribution < -0.4 is 0 Å². The monoisotopic (exact) mass is 403 g/mol. The molecule has 2 fully saturated rings. The first-order valence-corrected chi connectivity index (χ1v) is 13.7. The fraction of sp³-hybridized carbons (Fsp3) is 0.562. The normalized spacial score (nSPS) is 22.7. The van der Waals surface area contributed by atoms with Crippen molar-refractivity contribution in [3.63, 3.8) is 0 Å². The van der Waals surface area contributed by atoms with Crippen molar-refractivity contribution in [3.8, 4) is 5.75 Å². The Bertz CT molecular complexity index is 503. The van der Waals surface area contributed by atoms with Crippen LogP contribution in [-0.4, -0.2) is 17.4 Å². The van der Waals surface area contributed by atoms with Gasteiger partial charge in [-0.05, 0) is 49.7 Å². The number of hydrogen-bond donors (Lipinski definition) is 1. The second-order valence-electron chi connectivity index (χ2n) is 5.99. The van der Waals surface area contributed by atoms with Gasteiger partial charge in [0.2, 0.25) is 0 Å². The topological polar surface area (TPSA) is 32.6 Å². The van der Waals surface area contributed by atoms with E-state index in [-0.39, 0.29) is 0 Å². The van der Waals surface area contributed by atoms with Crippen molar-refractivity contribution in [2.45, 2.75) is 51.5 Å². The van der Waals surface area contributed by atoms with Crippen LogP contribution in [0.15, 0.2) is 23.2 Å². The average Bonchev–Trinajstić information content (AvgIpc) is 3.23. The number of para-hydroxylation sites is 1. The SMILES string of the molecule is Cc1cccc(C=NC2CCCCC23CC3)c1O.[Cl][Zr][Cl]. The molecule has 0 radical (unpaired) electrons. The third kappa shape index (κ3) is 4.56. The number of phenols is 1. The number of nitrogens with zero attached hydrogens (tertiary/aromatic N) is 1. The van der Waals surface area contributed by atoms with Gasteiger partial charge in [-0.2, -0.15) is 0 Å². The Morgan fingerprint density at radius 2 is 2.00 bits per heavy atom. The third-order valence-electron chi connectivity index (χ3n) is 4.66. The van der Waals surface area contributed by atoms with Crippen LogP contribution in [0, 0.1) is 12.3 Å². The molecule has 1 aromatic rings. The van der Waals surface area contributed by atoms with Crippen LogP contribution in [0.25, 0.3) is 0 Å². The Balaban J connectivity index is 0.000000497. The fourth-order valence-corrected chi connectivity index (χ4v) is 3.22. The molecule has 2 aliphatic carbocycles. The van der Waals surface area contributed by atoms with E-state index in [1.807, 2.05) is 31.3 Å². The van der Waals surface area contributed by atoms with Crippen LogP contribution in [0.4, 0.5) is 0 Å². The quantitative estimate of drug-likeness (QED) is 0.673. The van der Waals surface area contributed by atoms with E-state index in [1.165, 1.54) is 38.5 Å². The second kappa shape index (κ2) is 8.13. The van der Waals surface area contributed by atoms with Crippen molar-refractivity contribution >= 4 is 23.2 Å². The van der Waals surface area contributed by atoms with Crippen LogP contribution in [0.2, 0.25) is 0 Å². The summed E-state index contributed by atoms with van der Waals surface area (Å²) in [5.41, 5.74) is 2.31. The molecule has 0 aliphatic heterocycles. The number of hydrogen-bond acceptors (Lipinski definition) is 2. The number of halogens is 2. The van der Waals surface area contributed by atoms with Gasteiger partial charge in [0.1, 0.15) is 5.75 Å². The molecule has 1 aromatic carbocycles. The Morgan fingerprint density at radius 1 is 1.29 bits per heavy atom. The van der Waals surface area contributed by atoms with Gasteiger partial charge in [-0.3, -0.25) is 4.99 Å². The van der Waals surface area contributed by atoms with Crippen molar-refractivity contribution in [3.05, 3.63) is 29.3 Å². The summed E-state index contributed by atoms with van der Waals surface area (Å²) in [5.74, 6) is 0.377. The van der Waals surface area contributed by atoms with E-state index >= 15 is 0 Å². The van der Waals surface area contributed by atoms with Crippen LogP contribution >= 0.6 is 17.0 Å². The molecule has 0 bridgehead atoms. The average molecular weight is 405 g/mol. The first-order chi connectivity index (χ1) is 10.1. The molecular formula is C16H21Cl2NOZr. The minimum absolute atomic E-state index is 0.377. The van der Waals surface area contributed by atoms with E-state index in [2.05, 4.69) is 0 Å².